The minimum Gasteiger partial charge on any atom is -0.306 e. The first-order valence-electron chi connectivity index (χ1n) is 5.54. The molecule has 0 amide bonds. The molecule has 16 heavy (non-hydrogen) atoms. The molecule has 2 heterocycles. The second kappa shape index (κ2) is 5.13. The highest BCUT2D eigenvalue weighted by Crippen LogP contribution is 2.32. The summed E-state index contributed by atoms with van der Waals surface area (Å²) < 4.78 is 0. The normalized spacial score (nSPS) is 12.9. The Morgan fingerprint density at radius 3 is 2.69 bits per heavy atom. The minimum absolute atomic E-state index is 0.370. The van der Waals surface area contributed by atoms with E-state index in [1.54, 1.807) is 11.3 Å². The van der Waals surface area contributed by atoms with Gasteiger partial charge >= 0.3 is 0 Å². The Balaban J connectivity index is 2.36. The lowest BCUT2D eigenvalue weighted by molar-refractivity contribution is 0.639. The first kappa shape index (κ1) is 11.8. The van der Waals surface area contributed by atoms with Crippen LogP contribution in [0.4, 0.5) is 0 Å². The molecule has 1 N–H and O–H groups in total. The summed E-state index contributed by atoms with van der Waals surface area (Å²) in [5.41, 5.74) is 2.79. The first-order chi connectivity index (χ1) is 7.72. The zero-order chi connectivity index (χ0) is 11.5. The Morgan fingerprint density at radius 1 is 1.38 bits per heavy atom. The Labute approximate surface area is 105 Å². The number of nitrogens with one attached hydrogen (secondary N) is 1. The maximum atomic E-state index is 3.57. The van der Waals surface area contributed by atoms with Crippen molar-refractivity contribution in [3.8, 4) is 0 Å². The molecule has 2 aromatic heterocycles. The fraction of sp³-hybridized carbons (Fsp3) is 0.385. The Morgan fingerprint density at radius 2 is 2.19 bits per heavy atom. The van der Waals surface area contributed by atoms with E-state index in [4.69, 9.17) is 0 Å². The number of hydrogen-bond donors (Lipinski definition) is 1. The van der Waals surface area contributed by atoms with E-state index >= 15 is 0 Å². The van der Waals surface area contributed by atoms with Gasteiger partial charge in [0.15, 0.2) is 0 Å². The molecule has 0 radical (unpaired) electrons. The van der Waals surface area contributed by atoms with Gasteiger partial charge in [0.2, 0.25) is 0 Å². The molecule has 0 saturated heterocycles. The molecule has 0 saturated carbocycles. The maximum absolute atomic E-state index is 3.57. The molecule has 1 unspecified atom stereocenters. The van der Waals surface area contributed by atoms with Crippen molar-refractivity contribution >= 4 is 22.7 Å². The number of hydrogen-bond acceptors (Lipinski definition) is 3. The van der Waals surface area contributed by atoms with Crippen molar-refractivity contribution in [1.82, 2.24) is 5.32 Å². The smallest absolute Gasteiger partial charge is 0.0681 e. The molecule has 0 bridgehead atoms. The van der Waals surface area contributed by atoms with Crippen LogP contribution in [0.5, 0.6) is 0 Å². The van der Waals surface area contributed by atoms with Gasteiger partial charge in [-0.1, -0.05) is 6.92 Å². The van der Waals surface area contributed by atoms with Gasteiger partial charge in [0.1, 0.15) is 0 Å². The molecule has 86 valence electrons. The first-order valence-corrected chi connectivity index (χ1v) is 7.30. The van der Waals surface area contributed by atoms with Gasteiger partial charge in [0.25, 0.3) is 0 Å². The van der Waals surface area contributed by atoms with Gasteiger partial charge in [0, 0.05) is 9.75 Å². The van der Waals surface area contributed by atoms with Gasteiger partial charge in [-0.15, -0.1) is 11.3 Å². The minimum atomic E-state index is 0.370. The van der Waals surface area contributed by atoms with E-state index in [1.165, 1.54) is 20.9 Å². The van der Waals surface area contributed by atoms with E-state index in [2.05, 4.69) is 49.0 Å². The molecule has 1 atom stereocenters. The Bertz CT molecular complexity index is 442. The summed E-state index contributed by atoms with van der Waals surface area (Å²) in [7, 11) is 0. The van der Waals surface area contributed by atoms with Crippen LogP contribution >= 0.6 is 22.7 Å². The predicted molar refractivity (Wildman–Crippen MR) is 73.6 cm³/mol. The molecule has 0 spiro atoms. The third-order valence-electron chi connectivity index (χ3n) is 2.63. The molecule has 2 rings (SSSR count). The van der Waals surface area contributed by atoms with Crippen molar-refractivity contribution < 1.29 is 0 Å². The van der Waals surface area contributed by atoms with Gasteiger partial charge < -0.3 is 5.32 Å². The second-order valence-electron chi connectivity index (χ2n) is 3.95. The molecule has 0 fully saturated rings. The lowest BCUT2D eigenvalue weighted by atomic mass is 10.1. The van der Waals surface area contributed by atoms with Crippen molar-refractivity contribution in [2.75, 3.05) is 6.54 Å². The van der Waals surface area contributed by atoms with Crippen LogP contribution in [0.3, 0.4) is 0 Å². The summed E-state index contributed by atoms with van der Waals surface area (Å²) in [6.07, 6.45) is 0. The van der Waals surface area contributed by atoms with Gasteiger partial charge in [-0.05, 0) is 54.4 Å². The number of thiophene rings is 2. The van der Waals surface area contributed by atoms with Crippen LogP contribution in [-0.4, -0.2) is 6.54 Å². The van der Waals surface area contributed by atoms with Crippen molar-refractivity contribution in [2.45, 2.75) is 26.8 Å². The fourth-order valence-corrected chi connectivity index (χ4v) is 3.78. The average Bonchev–Trinajstić information content (AvgIpc) is 2.85. The van der Waals surface area contributed by atoms with Crippen molar-refractivity contribution in [3.05, 3.63) is 43.8 Å². The van der Waals surface area contributed by atoms with E-state index in [-0.39, 0.29) is 0 Å². The SMILES string of the molecule is CCNC(c1ccsc1)c1sc(C)cc1C. The second-order valence-corrected chi connectivity index (χ2v) is 6.02. The van der Waals surface area contributed by atoms with Crippen molar-refractivity contribution in [2.24, 2.45) is 0 Å². The van der Waals surface area contributed by atoms with Crippen LogP contribution in [0.2, 0.25) is 0 Å². The van der Waals surface area contributed by atoms with Gasteiger partial charge in [0.05, 0.1) is 6.04 Å². The summed E-state index contributed by atoms with van der Waals surface area (Å²) in [6, 6.07) is 4.86. The molecule has 0 aliphatic carbocycles. The molecule has 0 aliphatic rings. The number of rotatable bonds is 4. The lowest BCUT2D eigenvalue weighted by Gasteiger charge is -2.16. The lowest BCUT2D eigenvalue weighted by Crippen LogP contribution is -2.21. The highest BCUT2D eigenvalue weighted by molar-refractivity contribution is 7.12. The maximum Gasteiger partial charge on any atom is 0.0681 e. The molecular weight excluding hydrogens is 234 g/mol. The zero-order valence-electron chi connectivity index (χ0n) is 9.91. The third kappa shape index (κ3) is 2.37. The largest absolute Gasteiger partial charge is 0.306 e. The monoisotopic (exact) mass is 251 g/mol. The predicted octanol–water partition coefficient (Wildman–Crippen LogP) is 4.13. The molecule has 2 aromatic rings. The number of aryl methyl sites for hydroxylation is 2. The van der Waals surface area contributed by atoms with E-state index in [0.29, 0.717) is 6.04 Å². The fourth-order valence-electron chi connectivity index (χ4n) is 1.95. The van der Waals surface area contributed by atoms with Crippen LogP contribution in [0.15, 0.2) is 22.9 Å². The summed E-state index contributed by atoms with van der Waals surface area (Å²) in [4.78, 5) is 2.85. The highest BCUT2D eigenvalue weighted by atomic mass is 32.1. The van der Waals surface area contributed by atoms with Gasteiger partial charge in [-0.2, -0.15) is 11.3 Å². The summed E-state index contributed by atoms with van der Waals surface area (Å²) in [5, 5.41) is 7.96. The summed E-state index contributed by atoms with van der Waals surface area (Å²) in [5.74, 6) is 0. The van der Waals surface area contributed by atoms with Crippen LogP contribution < -0.4 is 5.32 Å². The van der Waals surface area contributed by atoms with Crippen LogP contribution in [0.25, 0.3) is 0 Å². The quantitative estimate of drug-likeness (QED) is 0.861. The van der Waals surface area contributed by atoms with Crippen LogP contribution in [0, 0.1) is 13.8 Å². The van der Waals surface area contributed by atoms with E-state index < -0.39 is 0 Å². The summed E-state index contributed by atoms with van der Waals surface area (Å²) >= 11 is 3.67. The molecular formula is C13H17NS2. The third-order valence-corrected chi connectivity index (χ3v) is 4.55. The van der Waals surface area contributed by atoms with Gasteiger partial charge in [-0.25, -0.2) is 0 Å². The average molecular weight is 251 g/mol. The highest BCUT2D eigenvalue weighted by Gasteiger charge is 2.17. The Hall–Kier alpha value is -0.640. The van der Waals surface area contributed by atoms with E-state index in [0.717, 1.165) is 6.54 Å². The van der Waals surface area contributed by atoms with Crippen LogP contribution in [-0.2, 0) is 0 Å². The molecule has 0 aromatic carbocycles. The van der Waals surface area contributed by atoms with E-state index in [1.807, 2.05) is 11.3 Å². The van der Waals surface area contributed by atoms with Crippen LogP contribution in [0.1, 0.15) is 33.8 Å². The summed E-state index contributed by atoms with van der Waals surface area (Å²) in [6.45, 7) is 7.54. The van der Waals surface area contributed by atoms with E-state index in [9.17, 15) is 0 Å². The Kier molecular flexibility index (Phi) is 3.79. The molecule has 0 aliphatic heterocycles. The van der Waals surface area contributed by atoms with Crippen molar-refractivity contribution in [1.29, 1.82) is 0 Å². The molecule has 3 heteroatoms. The van der Waals surface area contributed by atoms with Crippen molar-refractivity contribution in [3.63, 3.8) is 0 Å². The standard InChI is InChI=1S/C13H17NS2/c1-4-14-12(11-5-6-15-8-11)13-9(2)7-10(3)16-13/h5-8,12,14H,4H2,1-3H3. The van der Waals surface area contributed by atoms with Gasteiger partial charge in [-0.3, -0.25) is 0 Å². The molecule has 1 nitrogen and oxygen atoms in total. The zero-order valence-corrected chi connectivity index (χ0v) is 11.5. The topological polar surface area (TPSA) is 12.0 Å².